The standard InChI is InChI=1S/C13H19O2P/c1-13(2,3)16(4)10-15-12(14)11-8-6-5-7-9-11/h5-9H,10H2,1-4H3. The van der Waals surface area contributed by atoms with Crippen LogP contribution in [0.15, 0.2) is 30.3 Å². The second-order valence-electron chi connectivity index (χ2n) is 4.80. The van der Waals surface area contributed by atoms with E-state index in [0.717, 1.165) is 0 Å². The van der Waals surface area contributed by atoms with E-state index in [-0.39, 0.29) is 19.0 Å². The van der Waals surface area contributed by atoms with Crippen LogP contribution in [0.3, 0.4) is 0 Å². The van der Waals surface area contributed by atoms with Crippen LogP contribution in [0.4, 0.5) is 0 Å². The fourth-order valence-corrected chi connectivity index (χ4v) is 1.70. The smallest absolute Gasteiger partial charge is 0.338 e. The Morgan fingerprint density at radius 3 is 2.31 bits per heavy atom. The molecule has 1 aromatic carbocycles. The zero-order valence-electron chi connectivity index (χ0n) is 10.4. The van der Waals surface area contributed by atoms with Gasteiger partial charge in [-0.25, -0.2) is 4.79 Å². The van der Waals surface area contributed by atoms with Crippen LogP contribution in [-0.4, -0.2) is 24.1 Å². The summed E-state index contributed by atoms with van der Waals surface area (Å²) in [5, 5.41) is 0.228. The van der Waals surface area contributed by atoms with Crippen molar-refractivity contribution in [3.05, 3.63) is 35.9 Å². The number of carbonyl (C=O) groups is 1. The summed E-state index contributed by atoms with van der Waals surface area (Å²) in [5.41, 5.74) is 0.625. The van der Waals surface area contributed by atoms with E-state index in [0.29, 0.717) is 11.9 Å². The number of carbonyl (C=O) groups excluding carboxylic acids is 1. The summed E-state index contributed by atoms with van der Waals surface area (Å²) in [4.78, 5) is 11.7. The number of esters is 1. The summed E-state index contributed by atoms with van der Waals surface area (Å²) < 4.78 is 5.31. The van der Waals surface area contributed by atoms with Crippen LogP contribution in [0.1, 0.15) is 31.1 Å². The van der Waals surface area contributed by atoms with E-state index in [4.69, 9.17) is 4.74 Å². The van der Waals surface area contributed by atoms with Crippen molar-refractivity contribution in [1.82, 2.24) is 0 Å². The third-order valence-corrected chi connectivity index (χ3v) is 5.35. The molecule has 0 aromatic heterocycles. The lowest BCUT2D eigenvalue weighted by Gasteiger charge is -2.27. The van der Waals surface area contributed by atoms with Crippen molar-refractivity contribution in [2.75, 3.05) is 13.0 Å². The summed E-state index contributed by atoms with van der Waals surface area (Å²) in [7, 11) is -0.288. The van der Waals surface area contributed by atoms with Crippen molar-refractivity contribution in [3.8, 4) is 0 Å². The third kappa shape index (κ3) is 3.94. The van der Waals surface area contributed by atoms with Crippen LogP contribution >= 0.6 is 7.92 Å². The summed E-state index contributed by atoms with van der Waals surface area (Å²) in [6, 6.07) is 9.12. The molecule has 0 saturated heterocycles. The molecule has 2 nitrogen and oxygen atoms in total. The monoisotopic (exact) mass is 238 g/mol. The van der Waals surface area contributed by atoms with Gasteiger partial charge in [-0.1, -0.05) is 46.9 Å². The first kappa shape index (κ1) is 13.2. The van der Waals surface area contributed by atoms with Crippen LogP contribution in [0.5, 0.6) is 0 Å². The van der Waals surface area contributed by atoms with E-state index in [1.165, 1.54) is 0 Å². The van der Waals surface area contributed by atoms with Gasteiger partial charge in [-0.3, -0.25) is 0 Å². The Balaban J connectivity index is 2.48. The highest BCUT2D eigenvalue weighted by atomic mass is 31.1. The second-order valence-corrected chi connectivity index (χ2v) is 7.79. The van der Waals surface area contributed by atoms with Crippen LogP contribution in [0.25, 0.3) is 0 Å². The van der Waals surface area contributed by atoms with Gasteiger partial charge in [-0.2, -0.15) is 0 Å². The summed E-state index contributed by atoms with van der Waals surface area (Å²) >= 11 is 0. The second kappa shape index (κ2) is 5.45. The van der Waals surface area contributed by atoms with Gasteiger partial charge in [-0.15, -0.1) is 0 Å². The first-order valence-electron chi connectivity index (χ1n) is 5.34. The van der Waals surface area contributed by atoms with E-state index >= 15 is 0 Å². The molecule has 3 heteroatoms. The highest BCUT2D eigenvalue weighted by Gasteiger charge is 2.21. The Labute approximate surface area is 98.8 Å². The van der Waals surface area contributed by atoms with Gasteiger partial charge in [0.2, 0.25) is 0 Å². The molecule has 88 valence electrons. The zero-order valence-corrected chi connectivity index (χ0v) is 11.3. The Kier molecular flexibility index (Phi) is 4.49. The fourth-order valence-electron chi connectivity index (χ4n) is 1.01. The van der Waals surface area contributed by atoms with Crippen molar-refractivity contribution in [3.63, 3.8) is 0 Å². The Hall–Kier alpha value is -0.880. The van der Waals surface area contributed by atoms with Gasteiger partial charge in [-0.05, 0) is 24.0 Å². The van der Waals surface area contributed by atoms with E-state index < -0.39 is 0 Å². The number of ether oxygens (including phenoxy) is 1. The Morgan fingerprint density at radius 2 is 1.81 bits per heavy atom. The van der Waals surface area contributed by atoms with Crippen molar-refractivity contribution in [2.45, 2.75) is 25.9 Å². The molecule has 0 radical (unpaired) electrons. The molecule has 0 fully saturated rings. The molecule has 0 amide bonds. The first-order chi connectivity index (χ1) is 7.41. The number of hydrogen-bond donors (Lipinski definition) is 0. The average Bonchev–Trinajstić information content (AvgIpc) is 2.25. The largest absolute Gasteiger partial charge is 0.458 e. The minimum atomic E-state index is -0.288. The summed E-state index contributed by atoms with van der Waals surface area (Å²) in [6.07, 6.45) is 0.534. The molecule has 0 spiro atoms. The number of benzene rings is 1. The van der Waals surface area contributed by atoms with Crippen molar-refractivity contribution >= 4 is 13.9 Å². The van der Waals surface area contributed by atoms with Gasteiger partial charge in [0.1, 0.15) is 6.35 Å². The van der Waals surface area contributed by atoms with Gasteiger partial charge in [0.25, 0.3) is 0 Å². The van der Waals surface area contributed by atoms with Crippen LogP contribution in [-0.2, 0) is 4.74 Å². The van der Waals surface area contributed by atoms with Crippen LogP contribution in [0.2, 0.25) is 0 Å². The number of hydrogen-bond acceptors (Lipinski definition) is 2. The van der Waals surface area contributed by atoms with Crippen molar-refractivity contribution in [1.29, 1.82) is 0 Å². The van der Waals surface area contributed by atoms with Crippen molar-refractivity contribution in [2.24, 2.45) is 0 Å². The highest BCUT2D eigenvalue weighted by molar-refractivity contribution is 7.58. The maximum absolute atomic E-state index is 11.7. The molecule has 0 bridgehead atoms. The van der Waals surface area contributed by atoms with Crippen molar-refractivity contribution < 1.29 is 9.53 Å². The lowest BCUT2D eigenvalue weighted by molar-refractivity contribution is 0.0574. The Morgan fingerprint density at radius 1 is 1.25 bits per heavy atom. The molecule has 1 aromatic rings. The summed E-state index contributed by atoms with van der Waals surface area (Å²) in [6.45, 7) is 8.69. The fraction of sp³-hybridized carbons (Fsp3) is 0.462. The average molecular weight is 238 g/mol. The molecule has 0 aliphatic heterocycles. The lowest BCUT2D eigenvalue weighted by Crippen LogP contribution is -2.15. The number of rotatable bonds is 3. The molecule has 0 saturated carbocycles. The predicted molar refractivity (Wildman–Crippen MR) is 69.3 cm³/mol. The highest BCUT2D eigenvalue weighted by Crippen LogP contribution is 2.45. The van der Waals surface area contributed by atoms with E-state index in [9.17, 15) is 4.79 Å². The summed E-state index contributed by atoms with van der Waals surface area (Å²) in [5.74, 6) is -0.223. The first-order valence-corrected chi connectivity index (χ1v) is 7.32. The van der Waals surface area contributed by atoms with E-state index in [1.54, 1.807) is 12.1 Å². The van der Waals surface area contributed by atoms with Crippen LogP contribution in [0, 0.1) is 0 Å². The molecule has 16 heavy (non-hydrogen) atoms. The maximum Gasteiger partial charge on any atom is 0.338 e. The molecule has 1 rings (SSSR count). The molecule has 0 heterocycles. The quantitative estimate of drug-likeness (QED) is 0.592. The van der Waals surface area contributed by atoms with E-state index in [2.05, 4.69) is 27.4 Å². The molecule has 1 atom stereocenters. The SMILES string of the molecule is CP(COC(=O)c1ccccc1)C(C)(C)C. The predicted octanol–water partition coefficient (Wildman–Crippen LogP) is 3.71. The van der Waals surface area contributed by atoms with Gasteiger partial charge in [0.05, 0.1) is 5.56 Å². The molecular weight excluding hydrogens is 219 g/mol. The normalized spacial score (nSPS) is 13.2. The van der Waals surface area contributed by atoms with Gasteiger partial charge in [0, 0.05) is 0 Å². The van der Waals surface area contributed by atoms with Gasteiger partial charge < -0.3 is 4.74 Å². The topological polar surface area (TPSA) is 26.3 Å². The van der Waals surface area contributed by atoms with Crippen LogP contribution < -0.4 is 0 Å². The van der Waals surface area contributed by atoms with Gasteiger partial charge in [0.15, 0.2) is 0 Å². The minimum absolute atomic E-state index is 0.223. The van der Waals surface area contributed by atoms with Gasteiger partial charge >= 0.3 is 5.97 Å². The molecule has 0 N–H and O–H groups in total. The third-order valence-electron chi connectivity index (χ3n) is 2.54. The zero-order chi connectivity index (χ0) is 12.2. The van der Waals surface area contributed by atoms with E-state index in [1.807, 2.05) is 18.2 Å². The Bertz CT molecular complexity index is 341. The maximum atomic E-state index is 11.7. The molecule has 0 aliphatic rings. The minimum Gasteiger partial charge on any atom is -0.458 e. The molecule has 0 aliphatic carbocycles. The lowest BCUT2D eigenvalue weighted by atomic mass is 10.2. The molecule has 1 unspecified atom stereocenters. The molecular formula is C13H19O2P.